The van der Waals surface area contributed by atoms with Gasteiger partial charge in [-0.2, -0.15) is 26.8 Å². The number of hydrogen-bond donors (Lipinski definition) is 4. The Balaban J connectivity index is 1.43. The fourth-order valence-corrected chi connectivity index (χ4v) is 4.00. The van der Waals surface area contributed by atoms with E-state index in [9.17, 15) is 20.7 Å². The quantitative estimate of drug-likeness (QED) is 0.146. The fourth-order valence-electron chi connectivity index (χ4n) is 2.91. The van der Waals surface area contributed by atoms with Crippen LogP contribution in [-0.4, -0.2) is 40.1 Å². The van der Waals surface area contributed by atoms with Crippen LogP contribution >= 0.6 is 0 Å². The first-order valence-electron chi connectivity index (χ1n) is 10.2. The van der Waals surface area contributed by atoms with Gasteiger partial charge in [0.05, 0.1) is 6.61 Å². The van der Waals surface area contributed by atoms with Gasteiger partial charge < -0.3 is 31.4 Å². The largest absolute Gasteiger partial charge is 0.494 e. The van der Waals surface area contributed by atoms with E-state index in [0.717, 1.165) is 24.3 Å². The summed E-state index contributed by atoms with van der Waals surface area (Å²) >= 11 is 0. The molecule has 1 aromatic heterocycles. The first-order valence-corrected chi connectivity index (χ1v) is 12.9. The molecule has 0 aliphatic carbocycles. The maximum atomic E-state index is 13.1. The van der Waals surface area contributed by atoms with Crippen molar-refractivity contribution < 1.29 is 33.8 Å². The topological polar surface area (TPSA) is 212 Å². The number of nitrogens with zero attached hydrogens (tertiary/aromatic N) is 2. The second-order valence-corrected chi connectivity index (χ2v) is 9.72. The number of aromatic nitrogens is 2. The number of rotatable bonds is 12. The highest BCUT2D eigenvalue weighted by molar-refractivity contribution is 7.86. The molecule has 2 aromatic carbocycles. The summed E-state index contributed by atoms with van der Waals surface area (Å²) in [7, 11) is -9.58. The molecule has 0 aliphatic heterocycles. The maximum Gasteiger partial charge on any atom is 0.450 e. The lowest BCUT2D eigenvalue weighted by atomic mass is 10.1. The smallest absolute Gasteiger partial charge is 0.450 e. The number of anilines is 4. The van der Waals surface area contributed by atoms with E-state index in [1.54, 1.807) is 24.3 Å². The molecule has 0 atom stereocenters. The first kappa shape index (κ1) is 26.7. The van der Waals surface area contributed by atoms with Crippen molar-refractivity contribution in [1.82, 2.24) is 9.97 Å². The van der Waals surface area contributed by atoms with Crippen molar-refractivity contribution in [1.29, 1.82) is 0 Å². The maximum absolute atomic E-state index is 13.1. The standard InChI is InChI=1S/C20H23FN6O7S2/c21-35(28,29)16-4-1-3-15(11-16)34-36(30,31)33-12-25-13-6-8-14(9-7-13)32-10-2-5-17-18(22)26-20(24)27-19(17)23/h1,3-4,6-9,11,25H,2,5,10,12H2,(H6,22,23,24,26,27). The Morgan fingerprint density at radius 1 is 0.917 bits per heavy atom. The highest BCUT2D eigenvalue weighted by Gasteiger charge is 2.17. The second-order valence-electron chi connectivity index (χ2n) is 7.15. The van der Waals surface area contributed by atoms with Crippen molar-refractivity contribution >= 4 is 43.9 Å². The van der Waals surface area contributed by atoms with Gasteiger partial charge in [0, 0.05) is 17.3 Å². The summed E-state index contributed by atoms with van der Waals surface area (Å²) in [6.07, 6.45) is 1.09. The molecule has 3 rings (SSSR count). The van der Waals surface area contributed by atoms with Crippen LogP contribution in [0.15, 0.2) is 53.4 Å². The predicted molar refractivity (Wildman–Crippen MR) is 129 cm³/mol. The van der Waals surface area contributed by atoms with Crippen LogP contribution in [0.3, 0.4) is 0 Å². The molecule has 0 saturated heterocycles. The summed E-state index contributed by atoms with van der Waals surface area (Å²) in [6.45, 7) is -0.129. The van der Waals surface area contributed by atoms with Gasteiger partial charge in [-0.05, 0) is 49.2 Å². The van der Waals surface area contributed by atoms with E-state index in [1.165, 1.54) is 0 Å². The normalized spacial score (nSPS) is 11.7. The van der Waals surface area contributed by atoms with E-state index >= 15 is 0 Å². The van der Waals surface area contributed by atoms with Crippen molar-refractivity contribution in [3.63, 3.8) is 0 Å². The van der Waals surface area contributed by atoms with Crippen molar-refractivity contribution in [3.8, 4) is 11.5 Å². The molecule has 0 spiro atoms. The van der Waals surface area contributed by atoms with Crippen LogP contribution in [0.1, 0.15) is 12.0 Å². The number of benzene rings is 2. The Bertz CT molecular complexity index is 1400. The zero-order valence-corrected chi connectivity index (χ0v) is 20.3. The minimum absolute atomic E-state index is 0.00946. The Kier molecular flexibility index (Phi) is 8.33. The molecule has 13 nitrogen and oxygen atoms in total. The van der Waals surface area contributed by atoms with E-state index < -0.39 is 38.0 Å². The number of nitrogens with two attached hydrogens (primary N) is 3. The van der Waals surface area contributed by atoms with Crippen molar-refractivity contribution in [2.24, 2.45) is 0 Å². The minimum atomic E-state index is -5.02. The Hall–Kier alpha value is -3.89. The van der Waals surface area contributed by atoms with Crippen LogP contribution < -0.4 is 31.4 Å². The van der Waals surface area contributed by atoms with Crippen molar-refractivity contribution in [2.75, 3.05) is 35.9 Å². The predicted octanol–water partition coefficient (Wildman–Crippen LogP) is 1.60. The monoisotopic (exact) mass is 542 g/mol. The molecule has 0 radical (unpaired) electrons. The molecule has 194 valence electrons. The number of nitrogens with one attached hydrogen (secondary N) is 1. The number of hydrogen-bond acceptors (Lipinski definition) is 13. The average molecular weight is 543 g/mol. The van der Waals surface area contributed by atoms with Crippen molar-refractivity contribution in [2.45, 2.75) is 17.7 Å². The Labute approximate surface area is 206 Å². The second kappa shape index (κ2) is 11.2. The van der Waals surface area contributed by atoms with Gasteiger partial charge in [0.15, 0.2) is 0 Å². The molecule has 0 fully saturated rings. The molecular formula is C20H23FN6O7S2. The molecule has 36 heavy (non-hydrogen) atoms. The van der Waals surface area contributed by atoms with E-state index in [4.69, 9.17) is 21.9 Å². The zero-order valence-electron chi connectivity index (χ0n) is 18.6. The summed E-state index contributed by atoms with van der Waals surface area (Å²) in [6, 6.07) is 10.5. The lowest BCUT2D eigenvalue weighted by Crippen LogP contribution is -2.18. The fraction of sp³-hybridized carbons (Fsp3) is 0.200. The number of ether oxygens (including phenoxy) is 1. The van der Waals surface area contributed by atoms with Crippen LogP contribution in [0.5, 0.6) is 11.5 Å². The van der Waals surface area contributed by atoms with Gasteiger partial charge in [0.25, 0.3) is 0 Å². The average Bonchev–Trinajstić information content (AvgIpc) is 2.78. The lowest BCUT2D eigenvalue weighted by Gasteiger charge is -2.11. The van der Waals surface area contributed by atoms with Gasteiger partial charge in [-0.3, -0.25) is 0 Å². The van der Waals surface area contributed by atoms with E-state index in [0.29, 0.717) is 36.4 Å². The van der Waals surface area contributed by atoms with Gasteiger partial charge in [0.1, 0.15) is 34.8 Å². The molecular weight excluding hydrogens is 519 g/mol. The molecule has 0 amide bonds. The molecule has 0 unspecified atom stereocenters. The molecule has 0 bridgehead atoms. The third-order valence-corrected chi connectivity index (χ3v) is 6.17. The van der Waals surface area contributed by atoms with Gasteiger partial charge in [-0.25, -0.2) is 4.18 Å². The lowest BCUT2D eigenvalue weighted by molar-refractivity contribution is 0.291. The van der Waals surface area contributed by atoms with Gasteiger partial charge in [0.2, 0.25) is 5.95 Å². The Morgan fingerprint density at radius 3 is 2.22 bits per heavy atom. The highest BCUT2D eigenvalue weighted by Crippen LogP contribution is 2.22. The molecule has 3 aromatic rings. The summed E-state index contributed by atoms with van der Waals surface area (Å²) in [4.78, 5) is 7.01. The minimum Gasteiger partial charge on any atom is -0.494 e. The summed E-state index contributed by atoms with van der Waals surface area (Å²) in [5.41, 5.74) is 18.2. The molecule has 0 saturated carbocycles. The van der Waals surface area contributed by atoms with Crippen LogP contribution in [0.25, 0.3) is 0 Å². The van der Waals surface area contributed by atoms with Gasteiger partial charge >= 0.3 is 20.6 Å². The molecule has 16 heteroatoms. The van der Waals surface area contributed by atoms with Gasteiger partial charge in [-0.15, -0.1) is 3.89 Å². The summed E-state index contributed by atoms with van der Waals surface area (Å²) < 4.78 is 73.7. The van der Waals surface area contributed by atoms with Crippen molar-refractivity contribution in [3.05, 3.63) is 54.1 Å². The van der Waals surface area contributed by atoms with Crippen LogP contribution in [-0.2, 0) is 31.2 Å². The summed E-state index contributed by atoms with van der Waals surface area (Å²) in [5.74, 6) is 0.604. The molecule has 1 heterocycles. The van der Waals surface area contributed by atoms with E-state index in [2.05, 4.69) is 23.7 Å². The van der Waals surface area contributed by atoms with Crippen LogP contribution in [0, 0.1) is 0 Å². The highest BCUT2D eigenvalue weighted by atomic mass is 32.3. The third kappa shape index (κ3) is 7.82. The van der Waals surface area contributed by atoms with Crippen LogP contribution in [0.2, 0.25) is 0 Å². The van der Waals surface area contributed by atoms with Crippen LogP contribution in [0.4, 0.5) is 27.2 Å². The number of halogens is 1. The number of nitrogen functional groups attached to an aromatic ring is 3. The first-order chi connectivity index (χ1) is 16.9. The third-order valence-electron chi connectivity index (χ3n) is 4.55. The molecule has 7 N–H and O–H groups in total. The van der Waals surface area contributed by atoms with E-state index in [1.807, 2.05) is 0 Å². The Morgan fingerprint density at radius 2 is 1.58 bits per heavy atom. The zero-order chi connectivity index (χ0) is 26.3. The summed E-state index contributed by atoms with van der Waals surface area (Å²) in [5, 5.41) is 2.71. The van der Waals surface area contributed by atoms with E-state index in [-0.39, 0.29) is 17.6 Å². The van der Waals surface area contributed by atoms with Gasteiger partial charge in [-0.1, -0.05) is 6.07 Å². The SMILES string of the molecule is Nc1nc(N)c(CCCOc2ccc(NCOS(=O)(=O)Oc3cccc(S(=O)(=O)F)c3)cc2)c(N)n1. The molecule has 0 aliphatic rings.